The number of halogens is 6. The Morgan fingerprint density at radius 2 is 1.07 bits per heavy atom. The summed E-state index contributed by atoms with van der Waals surface area (Å²) >= 11 is 39.4. The van der Waals surface area contributed by atoms with E-state index in [0.29, 0.717) is 127 Å². The van der Waals surface area contributed by atoms with Crippen LogP contribution in [0.3, 0.4) is 0 Å². The molecule has 10 rings (SSSR count). The van der Waals surface area contributed by atoms with Gasteiger partial charge in [-0.15, -0.1) is 69.6 Å². The van der Waals surface area contributed by atoms with Crippen LogP contribution in [-0.2, 0) is 31.9 Å². The van der Waals surface area contributed by atoms with E-state index < -0.39 is 28.1 Å². The average molecular weight is 1570 g/mol. The molecule has 97 heavy (non-hydrogen) atoms. The van der Waals surface area contributed by atoms with Crippen molar-refractivity contribution < 1.29 is 43.0 Å². The zero-order valence-corrected chi connectivity index (χ0v) is 67.1. The minimum atomic E-state index is -4.64. The molecule has 6 fully saturated rings. The Kier molecular flexibility index (Phi) is 37.6. The first kappa shape index (κ1) is 87.1. The molecule has 38 heteroatoms. The van der Waals surface area contributed by atoms with Gasteiger partial charge in [-0.3, -0.25) is 4.57 Å². The topological polar surface area (TPSA) is 278 Å². The zero-order chi connectivity index (χ0) is 72.6. The van der Waals surface area contributed by atoms with Crippen molar-refractivity contribution >= 4 is 145 Å². The maximum absolute atomic E-state index is 12.4. The predicted octanol–water partition coefficient (Wildman–Crippen LogP) is 7.83. The number of hydrogen-bond donors (Lipinski definition) is 5. The van der Waals surface area contributed by atoms with Gasteiger partial charge < -0.3 is 68.2 Å². The van der Waals surface area contributed by atoms with Gasteiger partial charge in [-0.2, -0.15) is 29.9 Å². The Hall–Kier alpha value is -2.28. The fourth-order valence-corrected chi connectivity index (χ4v) is 19.2. The second-order valence-electron chi connectivity index (χ2n) is 25.5. The number of anilines is 6. The molecular formula is C59H108Cl6N19O9P3S. The summed E-state index contributed by atoms with van der Waals surface area (Å²) in [6, 6.07) is 6.13. The number of nitrogens with one attached hydrogen (secondary N) is 1. The molecule has 1 amide bonds. The highest BCUT2D eigenvalue weighted by Crippen LogP contribution is 2.66. The van der Waals surface area contributed by atoms with E-state index in [1.54, 1.807) is 9.57 Å². The van der Waals surface area contributed by atoms with Crippen molar-refractivity contribution in [3.05, 3.63) is 29.3 Å². The third-order valence-electron chi connectivity index (χ3n) is 16.7. The van der Waals surface area contributed by atoms with Crippen molar-refractivity contribution in [3.63, 3.8) is 0 Å². The molecule has 7 aliphatic rings. The van der Waals surface area contributed by atoms with Crippen molar-refractivity contribution in [1.82, 2.24) is 63.5 Å². The molecule has 3 aromatic rings. The highest BCUT2D eigenvalue weighted by Gasteiger charge is 2.55. The summed E-state index contributed by atoms with van der Waals surface area (Å²) in [5.74, 6) is 9.39. The lowest BCUT2D eigenvalue weighted by atomic mass is 9.55. The summed E-state index contributed by atoms with van der Waals surface area (Å²) in [6.45, 7) is 13.6. The second kappa shape index (κ2) is 41.9. The van der Waals surface area contributed by atoms with Crippen LogP contribution in [0.25, 0.3) is 0 Å². The van der Waals surface area contributed by atoms with Crippen LogP contribution in [0.15, 0.2) is 18.2 Å². The Bertz CT molecular complexity index is 2750. The number of rotatable bonds is 23. The van der Waals surface area contributed by atoms with E-state index in [4.69, 9.17) is 110 Å². The van der Waals surface area contributed by atoms with Gasteiger partial charge in [-0.05, 0) is 110 Å². The molecule has 1 aromatic carbocycles. The molecule has 28 nitrogen and oxygen atoms in total. The van der Waals surface area contributed by atoms with Crippen molar-refractivity contribution in [2.75, 3.05) is 248 Å². The van der Waals surface area contributed by atoms with Crippen LogP contribution in [0.1, 0.15) is 62.5 Å². The maximum Gasteiger partial charge on any atom is 0.466 e. The number of fused-ring (bicyclic) bond motifs is 5. The van der Waals surface area contributed by atoms with Crippen LogP contribution in [0, 0.1) is 17.3 Å². The molecule has 4 saturated heterocycles. The standard InChI is InChI=1S/C23H31Cl2NO3.2C9H18N6.C7H15Cl2N2O2P.C6H12N3PS.C5H11Cl2N.H3O4P/c1-23-9-8-18-17-5-3-16(29-22(28)26(12-10-24)13-11-25)14-15(17)2-4-19(18)20(23)6-7-21(23)27;2*1-13(2)7-10-8(14(3)4)12-9(11-7)15(5)6;8-2-4-10-14(12)11(6-3-9)5-1-7-13-14;11-10(7-1-2-7,8-3-4-8)9-5-6-9;1-8(4-2-6)5-3-7;1-5(2,3)4/h3,5,14,18-21,27H,2,4,6-13H2,1H3;2*1-6H3;1-7H2,(H,10,12);1-6H2;2-5H2,1H3;(H3,1,2,3,4)/t18-,19-,20+,21+,23+;;;;;;/m1....../s1. The first-order valence-corrected chi connectivity index (χ1v) is 41.4. The number of hydrogen-bond acceptors (Lipinski definition) is 20. The molecule has 2 aromatic heterocycles. The highest BCUT2D eigenvalue weighted by molar-refractivity contribution is 8.11. The summed E-state index contributed by atoms with van der Waals surface area (Å²) in [5.41, 5.74) is 2.82. The van der Waals surface area contributed by atoms with Crippen LogP contribution in [-0.4, -0.2) is 309 Å². The number of benzene rings is 1. The summed E-state index contributed by atoms with van der Waals surface area (Å²) in [7, 11) is 17.5. The number of phosphoric acid groups is 1. The number of carbonyl (C=O) groups is 1. The smallest absolute Gasteiger partial charge is 0.410 e. The van der Waals surface area contributed by atoms with Gasteiger partial charge >= 0.3 is 21.6 Å². The molecule has 556 valence electrons. The average Bonchev–Trinajstić information content (AvgIpc) is 1.61. The summed E-state index contributed by atoms with van der Waals surface area (Å²) in [5, 5.41) is 13.4. The largest absolute Gasteiger partial charge is 0.466 e. The molecule has 6 atom stereocenters. The van der Waals surface area contributed by atoms with Gasteiger partial charge in [0.1, 0.15) is 12.2 Å². The van der Waals surface area contributed by atoms with Crippen LogP contribution >= 0.6 is 91.6 Å². The van der Waals surface area contributed by atoms with E-state index in [9.17, 15) is 14.5 Å². The number of alkyl halides is 6. The Morgan fingerprint density at radius 3 is 1.44 bits per heavy atom. The first-order chi connectivity index (χ1) is 45.7. The monoisotopic (exact) mass is 1560 g/mol. The van der Waals surface area contributed by atoms with E-state index in [2.05, 4.69) is 66.9 Å². The van der Waals surface area contributed by atoms with Gasteiger partial charge in [0, 0.05) is 205 Å². The third-order valence-corrected chi connectivity index (χ3v) is 25.5. The third kappa shape index (κ3) is 28.0. The van der Waals surface area contributed by atoms with E-state index >= 15 is 0 Å². The number of ether oxygens (including phenoxy) is 1. The minimum absolute atomic E-state index is 0.0996. The molecular weight excluding hydrogens is 1460 g/mol. The lowest BCUT2D eigenvalue weighted by Crippen LogP contribution is -2.43. The van der Waals surface area contributed by atoms with Gasteiger partial charge in [0.25, 0.3) is 0 Å². The van der Waals surface area contributed by atoms with Gasteiger partial charge in [-0.1, -0.05) is 13.0 Å². The van der Waals surface area contributed by atoms with Crippen LogP contribution in [0.4, 0.5) is 40.5 Å². The molecule has 5 N–H and O–H groups in total. The van der Waals surface area contributed by atoms with Crippen molar-refractivity contribution in [1.29, 1.82) is 0 Å². The lowest BCUT2D eigenvalue weighted by molar-refractivity contribution is -0.0226. The van der Waals surface area contributed by atoms with E-state index in [1.165, 1.54) is 50.4 Å². The molecule has 1 unspecified atom stereocenters. The quantitative estimate of drug-likeness (QED) is 0.0343. The highest BCUT2D eigenvalue weighted by atomic mass is 35.5. The SMILES string of the molecule is CN(C)c1nc(N(C)C)nc(N(C)C)n1.CN(C)c1nc(N(C)C)nc(N(C)C)n1.CN(CCCl)CCCl.C[C@]12CC[C@@H]3c4ccc(OC(=O)N(CCCl)CCCl)cc4CC[C@H]3[C@@H]1CC[C@@H]2O.O=P(O)(O)O.O=P1(NCCCl)OCCCN1CCCl.S=P(N1CC1)(N1CC1)N1CC1. The van der Waals surface area contributed by atoms with Gasteiger partial charge in [0.05, 0.1) is 12.7 Å². The molecule has 2 saturated carbocycles. The number of nitrogens with zero attached hydrogens (tertiary/aromatic N) is 18. The van der Waals surface area contributed by atoms with Gasteiger partial charge in [-0.25, -0.2) is 33.1 Å². The molecule has 4 aliphatic heterocycles. The zero-order valence-electron chi connectivity index (χ0n) is 59.0. The minimum Gasteiger partial charge on any atom is -0.410 e. The Labute approximate surface area is 611 Å². The molecule has 3 aliphatic carbocycles. The fourth-order valence-electron chi connectivity index (χ4n) is 11.3. The predicted molar refractivity (Wildman–Crippen MR) is 403 cm³/mol. The number of aryl methyl sites for hydroxylation is 1. The summed E-state index contributed by atoms with van der Waals surface area (Å²) in [6.07, 6.45) is 6.87. The number of amides is 1. The fraction of sp³-hybridized carbons (Fsp3) is 0.780. The van der Waals surface area contributed by atoms with Gasteiger partial charge in [0.15, 0.2) is 0 Å². The number of carbonyl (C=O) groups excluding carboxylic acids is 1. The number of aliphatic hydroxyl groups is 1. The summed E-state index contributed by atoms with van der Waals surface area (Å²) < 4.78 is 41.2. The first-order valence-electron chi connectivity index (χ1n) is 32.4. The number of aromatic nitrogens is 6. The Balaban J connectivity index is 0.000000256. The second-order valence-corrected chi connectivity index (χ2v) is 35.2. The van der Waals surface area contributed by atoms with Crippen molar-refractivity contribution in [2.45, 2.75) is 63.9 Å². The van der Waals surface area contributed by atoms with E-state index in [-0.39, 0.29) is 11.5 Å². The van der Waals surface area contributed by atoms with Crippen molar-refractivity contribution in [3.8, 4) is 5.75 Å². The van der Waals surface area contributed by atoms with Gasteiger partial charge in [0.2, 0.25) is 35.7 Å². The van der Waals surface area contributed by atoms with E-state index in [0.717, 1.165) is 64.6 Å². The van der Waals surface area contributed by atoms with E-state index in [1.807, 2.05) is 133 Å². The lowest BCUT2D eigenvalue weighted by Gasteiger charge is -2.50. The normalized spacial score (nSPS) is 22.3. The molecule has 0 bridgehead atoms. The van der Waals surface area contributed by atoms with Crippen LogP contribution in [0.5, 0.6) is 5.75 Å². The molecule has 0 spiro atoms. The van der Waals surface area contributed by atoms with Crippen LogP contribution < -0.4 is 39.2 Å². The van der Waals surface area contributed by atoms with Crippen LogP contribution in [0.2, 0.25) is 0 Å². The molecule has 0 radical (unpaired) electrons. The maximum atomic E-state index is 12.4. The van der Waals surface area contributed by atoms with Crippen molar-refractivity contribution in [2.24, 2.45) is 17.3 Å². The summed E-state index contributed by atoms with van der Waals surface area (Å²) in [4.78, 5) is 74.7. The number of aliphatic hydroxyl groups excluding tert-OH is 1. The molecule has 6 heterocycles. The Morgan fingerprint density at radius 1 is 0.649 bits per heavy atom.